The second-order valence-corrected chi connectivity index (χ2v) is 6.35. The van der Waals surface area contributed by atoms with Crippen LogP contribution in [-0.2, 0) is 19.6 Å². The van der Waals surface area contributed by atoms with E-state index in [0.717, 1.165) is 11.3 Å². The molecule has 0 spiro atoms. The van der Waals surface area contributed by atoms with E-state index in [9.17, 15) is 9.59 Å². The van der Waals surface area contributed by atoms with E-state index in [2.05, 4.69) is 15.4 Å². The van der Waals surface area contributed by atoms with Gasteiger partial charge in [-0.3, -0.25) is 19.3 Å². The van der Waals surface area contributed by atoms with E-state index in [1.807, 2.05) is 30.3 Å². The predicted molar refractivity (Wildman–Crippen MR) is 98.8 cm³/mol. The van der Waals surface area contributed by atoms with Crippen molar-refractivity contribution in [2.75, 3.05) is 6.54 Å². The second-order valence-electron chi connectivity index (χ2n) is 6.35. The molecule has 2 aromatic heterocycles. The summed E-state index contributed by atoms with van der Waals surface area (Å²) in [5.74, 6) is -0.332. The van der Waals surface area contributed by atoms with Gasteiger partial charge in [0.15, 0.2) is 5.69 Å². The average Bonchev–Trinajstić information content (AvgIpc) is 3.16. The molecule has 27 heavy (non-hydrogen) atoms. The lowest BCUT2D eigenvalue weighted by atomic mass is 10.2. The third-order valence-corrected chi connectivity index (χ3v) is 4.50. The largest absolute Gasteiger partial charge is 0.347 e. The molecule has 1 aromatic carbocycles. The van der Waals surface area contributed by atoms with Gasteiger partial charge in [0, 0.05) is 19.3 Å². The van der Waals surface area contributed by atoms with Crippen molar-refractivity contribution in [1.82, 2.24) is 25.0 Å². The summed E-state index contributed by atoms with van der Waals surface area (Å²) in [6.45, 7) is 1.95. The second kappa shape index (κ2) is 7.41. The number of nitrogens with zero attached hydrogens (tertiary/aromatic N) is 4. The van der Waals surface area contributed by atoms with E-state index in [1.165, 1.54) is 0 Å². The number of amides is 2. The summed E-state index contributed by atoms with van der Waals surface area (Å²) < 4.78 is 1.79. The van der Waals surface area contributed by atoms with Crippen LogP contribution in [0.25, 0.3) is 0 Å². The Morgan fingerprint density at radius 1 is 1.00 bits per heavy atom. The number of benzene rings is 1. The maximum atomic E-state index is 12.6. The highest BCUT2D eigenvalue weighted by Crippen LogP contribution is 2.16. The Hall–Kier alpha value is -3.48. The van der Waals surface area contributed by atoms with Gasteiger partial charge in [-0.15, -0.1) is 0 Å². The highest BCUT2D eigenvalue weighted by Gasteiger charge is 2.25. The molecule has 0 aliphatic carbocycles. The van der Waals surface area contributed by atoms with Crippen LogP contribution in [0.4, 0.5) is 0 Å². The van der Waals surface area contributed by atoms with Gasteiger partial charge < -0.3 is 10.2 Å². The van der Waals surface area contributed by atoms with E-state index < -0.39 is 0 Å². The van der Waals surface area contributed by atoms with Crippen LogP contribution in [0, 0.1) is 0 Å². The van der Waals surface area contributed by atoms with Gasteiger partial charge >= 0.3 is 0 Å². The molecule has 4 rings (SSSR count). The molecule has 3 aromatic rings. The fourth-order valence-electron chi connectivity index (χ4n) is 3.07. The van der Waals surface area contributed by atoms with Crippen molar-refractivity contribution in [2.24, 2.45) is 0 Å². The zero-order chi connectivity index (χ0) is 18.6. The van der Waals surface area contributed by atoms with Gasteiger partial charge in [0.1, 0.15) is 5.69 Å². The van der Waals surface area contributed by atoms with Crippen LogP contribution in [0.3, 0.4) is 0 Å². The smallest absolute Gasteiger partial charge is 0.272 e. The lowest BCUT2D eigenvalue weighted by Crippen LogP contribution is -2.38. The minimum Gasteiger partial charge on any atom is -0.347 e. The first kappa shape index (κ1) is 17.0. The minimum atomic E-state index is -0.219. The number of carbonyl (C=O) groups is 2. The van der Waals surface area contributed by atoms with Crippen LogP contribution in [0.2, 0.25) is 0 Å². The van der Waals surface area contributed by atoms with Gasteiger partial charge in [-0.25, -0.2) is 0 Å². The number of carbonyl (C=O) groups excluding carboxylic acids is 2. The molecular weight excluding hydrogens is 342 g/mol. The third-order valence-electron chi connectivity index (χ3n) is 4.50. The molecule has 0 atom stereocenters. The number of aromatic nitrogens is 3. The predicted octanol–water partition coefficient (Wildman–Crippen LogP) is 1.86. The van der Waals surface area contributed by atoms with Crippen LogP contribution >= 0.6 is 0 Å². The Morgan fingerprint density at radius 3 is 2.59 bits per heavy atom. The first-order valence-corrected chi connectivity index (χ1v) is 8.80. The number of pyridine rings is 1. The molecule has 7 heteroatoms. The summed E-state index contributed by atoms with van der Waals surface area (Å²) in [4.78, 5) is 30.8. The van der Waals surface area contributed by atoms with Gasteiger partial charge in [0.2, 0.25) is 0 Å². The molecule has 1 aliphatic rings. The lowest BCUT2D eigenvalue weighted by Gasteiger charge is -2.27. The van der Waals surface area contributed by atoms with Gasteiger partial charge in [0.05, 0.1) is 18.8 Å². The molecule has 2 amide bonds. The SMILES string of the molecule is O=C(NCc1ccccc1)c1cc2n(n1)CCN(C(=O)c1ccccn1)C2. The van der Waals surface area contributed by atoms with Crippen LogP contribution in [0.5, 0.6) is 0 Å². The molecule has 1 aliphatic heterocycles. The normalized spacial score (nSPS) is 13.1. The van der Waals surface area contributed by atoms with Crippen molar-refractivity contribution in [2.45, 2.75) is 19.6 Å². The van der Waals surface area contributed by atoms with Gasteiger partial charge in [-0.2, -0.15) is 5.10 Å². The number of hydrogen-bond acceptors (Lipinski definition) is 4. The summed E-state index contributed by atoms with van der Waals surface area (Å²) in [6, 6.07) is 16.8. The molecule has 1 N–H and O–H groups in total. The molecule has 0 radical (unpaired) electrons. The van der Waals surface area contributed by atoms with Crippen LogP contribution < -0.4 is 5.32 Å². The molecule has 0 saturated carbocycles. The molecule has 0 bridgehead atoms. The molecular formula is C20H19N5O2. The number of rotatable bonds is 4. The third kappa shape index (κ3) is 3.72. The fraction of sp³-hybridized carbons (Fsp3) is 0.200. The molecule has 0 saturated heterocycles. The zero-order valence-corrected chi connectivity index (χ0v) is 14.7. The summed E-state index contributed by atoms with van der Waals surface area (Å²) in [5.41, 5.74) is 2.66. The Kier molecular flexibility index (Phi) is 4.65. The standard InChI is InChI=1S/C20H19N5O2/c26-19(22-13-15-6-2-1-3-7-15)18-12-16-14-24(10-11-25(16)23-18)20(27)17-8-4-5-9-21-17/h1-9,12H,10-11,13-14H2,(H,22,26). The van der Waals surface area contributed by atoms with Crippen molar-refractivity contribution in [1.29, 1.82) is 0 Å². The minimum absolute atomic E-state index is 0.113. The number of hydrogen-bond donors (Lipinski definition) is 1. The zero-order valence-electron chi connectivity index (χ0n) is 14.7. The first-order valence-electron chi connectivity index (χ1n) is 8.80. The number of fused-ring (bicyclic) bond motifs is 1. The summed E-state index contributed by atoms with van der Waals surface area (Å²) >= 11 is 0. The van der Waals surface area contributed by atoms with Crippen molar-refractivity contribution in [3.05, 3.63) is 83.4 Å². The van der Waals surface area contributed by atoms with E-state index in [-0.39, 0.29) is 11.8 Å². The maximum absolute atomic E-state index is 12.6. The average molecular weight is 361 g/mol. The molecule has 7 nitrogen and oxygen atoms in total. The Morgan fingerprint density at radius 2 is 1.81 bits per heavy atom. The van der Waals surface area contributed by atoms with Crippen molar-refractivity contribution in [3.63, 3.8) is 0 Å². The summed E-state index contributed by atoms with van der Waals surface area (Å²) in [6.07, 6.45) is 1.61. The maximum Gasteiger partial charge on any atom is 0.272 e. The molecule has 0 fully saturated rings. The van der Waals surface area contributed by atoms with Gasteiger partial charge in [0.25, 0.3) is 11.8 Å². The molecule has 136 valence electrons. The Balaban J connectivity index is 1.42. The quantitative estimate of drug-likeness (QED) is 0.769. The van der Waals surface area contributed by atoms with Crippen molar-refractivity contribution >= 4 is 11.8 Å². The first-order chi connectivity index (χ1) is 13.2. The van der Waals surface area contributed by atoms with Gasteiger partial charge in [-0.1, -0.05) is 36.4 Å². The number of nitrogens with one attached hydrogen (secondary N) is 1. The van der Waals surface area contributed by atoms with E-state index in [4.69, 9.17) is 0 Å². The van der Waals surface area contributed by atoms with Crippen LogP contribution in [0.1, 0.15) is 32.2 Å². The Bertz CT molecular complexity index is 953. The van der Waals surface area contributed by atoms with Crippen LogP contribution in [0.15, 0.2) is 60.8 Å². The monoisotopic (exact) mass is 361 g/mol. The van der Waals surface area contributed by atoms with Gasteiger partial charge in [-0.05, 0) is 23.8 Å². The van der Waals surface area contributed by atoms with Crippen molar-refractivity contribution < 1.29 is 9.59 Å². The topological polar surface area (TPSA) is 80.1 Å². The highest BCUT2D eigenvalue weighted by atomic mass is 16.2. The molecule has 3 heterocycles. The van der Waals surface area contributed by atoms with Crippen molar-refractivity contribution in [3.8, 4) is 0 Å². The van der Waals surface area contributed by atoms with Crippen LogP contribution in [-0.4, -0.2) is 38.0 Å². The van der Waals surface area contributed by atoms with E-state index >= 15 is 0 Å². The lowest BCUT2D eigenvalue weighted by molar-refractivity contribution is 0.0699. The molecule has 0 unspecified atom stereocenters. The Labute approximate surface area is 156 Å². The summed E-state index contributed by atoms with van der Waals surface area (Å²) in [7, 11) is 0. The summed E-state index contributed by atoms with van der Waals surface area (Å²) in [5, 5.41) is 7.26. The van der Waals surface area contributed by atoms with E-state index in [0.29, 0.717) is 37.6 Å². The highest BCUT2D eigenvalue weighted by molar-refractivity contribution is 5.93. The fourth-order valence-corrected chi connectivity index (χ4v) is 3.07. The van der Waals surface area contributed by atoms with E-state index in [1.54, 1.807) is 40.0 Å².